The lowest BCUT2D eigenvalue weighted by Crippen LogP contribution is -2.25. The van der Waals surface area contributed by atoms with Crippen LogP contribution in [0.5, 0.6) is 11.5 Å². The zero-order chi connectivity index (χ0) is 21.8. The maximum absolute atomic E-state index is 12.3. The number of nitrogens with one attached hydrogen (secondary N) is 2. The van der Waals surface area contributed by atoms with Gasteiger partial charge in [-0.3, -0.25) is 0 Å². The third-order valence-electron chi connectivity index (χ3n) is 5.65. The van der Waals surface area contributed by atoms with Crippen LogP contribution in [0.4, 0.5) is 22.0 Å². The number of benzene rings is 2. The zero-order valence-electron chi connectivity index (χ0n) is 17.7. The molecule has 2 aliphatic heterocycles. The number of hydrogen-bond acceptors (Lipinski definition) is 6. The van der Waals surface area contributed by atoms with Crippen molar-refractivity contribution in [1.82, 2.24) is 10.2 Å². The molecule has 2 amide bonds. The van der Waals surface area contributed by atoms with Crippen molar-refractivity contribution in [3.05, 3.63) is 54.6 Å². The molecule has 32 heavy (non-hydrogen) atoms. The highest BCUT2D eigenvalue weighted by Crippen LogP contribution is 2.34. The molecule has 2 aliphatic rings. The quantitative estimate of drug-likeness (QED) is 0.611. The average molecular weight is 431 g/mol. The molecular formula is C24H25N5O3. The van der Waals surface area contributed by atoms with Crippen molar-refractivity contribution in [3.63, 3.8) is 0 Å². The van der Waals surface area contributed by atoms with E-state index in [9.17, 15) is 4.79 Å². The lowest BCUT2D eigenvalue weighted by Gasteiger charge is -2.20. The smallest absolute Gasteiger partial charge is 0.323 e. The molecule has 3 aromatic rings. The van der Waals surface area contributed by atoms with Gasteiger partial charge in [-0.05, 0) is 49.2 Å². The third-order valence-corrected chi connectivity index (χ3v) is 5.65. The van der Waals surface area contributed by atoms with Crippen LogP contribution in [0.1, 0.15) is 25.7 Å². The third kappa shape index (κ3) is 4.59. The van der Waals surface area contributed by atoms with Gasteiger partial charge < -0.3 is 25.0 Å². The van der Waals surface area contributed by atoms with Crippen LogP contribution in [-0.2, 0) is 0 Å². The Morgan fingerprint density at radius 3 is 2.25 bits per heavy atom. The van der Waals surface area contributed by atoms with Crippen molar-refractivity contribution in [2.75, 3.05) is 35.4 Å². The second-order valence-electron chi connectivity index (χ2n) is 7.90. The highest BCUT2D eigenvalue weighted by molar-refractivity contribution is 6.00. The Kier molecular flexibility index (Phi) is 5.74. The Hall–Kier alpha value is -3.81. The van der Waals surface area contributed by atoms with E-state index in [2.05, 4.69) is 25.7 Å². The second-order valence-corrected chi connectivity index (χ2v) is 7.90. The van der Waals surface area contributed by atoms with E-state index >= 15 is 0 Å². The van der Waals surface area contributed by atoms with E-state index in [1.807, 2.05) is 36.4 Å². The molecule has 5 rings (SSSR count). The molecule has 0 radical (unpaired) electrons. The molecule has 8 nitrogen and oxygen atoms in total. The molecule has 164 valence electrons. The number of ether oxygens (including phenoxy) is 2. The first-order valence-corrected chi connectivity index (χ1v) is 10.9. The van der Waals surface area contributed by atoms with Gasteiger partial charge in [0.15, 0.2) is 17.3 Å². The van der Waals surface area contributed by atoms with Crippen LogP contribution in [0.15, 0.2) is 54.6 Å². The van der Waals surface area contributed by atoms with Crippen LogP contribution in [0.25, 0.3) is 11.3 Å². The number of carbonyl (C=O) groups is 1. The monoisotopic (exact) mass is 431 g/mol. The summed E-state index contributed by atoms with van der Waals surface area (Å²) in [5, 5.41) is 14.5. The van der Waals surface area contributed by atoms with Crippen LogP contribution in [0, 0.1) is 0 Å². The number of nitrogens with zero attached hydrogens (tertiary/aromatic N) is 3. The first-order valence-electron chi connectivity index (χ1n) is 10.9. The van der Waals surface area contributed by atoms with Gasteiger partial charge in [0.2, 0.25) is 6.79 Å². The normalized spacial score (nSPS) is 15.2. The topological polar surface area (TPSA) is 88.6 Å². The summed E-state index contributed by atoms with van der Waals surface area (Å²) in [7, 11) is 0. The molecule has 0 atom stereocenters. The maximum Gasteiger partial charge on any atom is 0.323 e. The summed E-state index contributed by atoms with van der Waals surface area (Å²) < 4.78 is 10.6. The standard InChI is InChI=1S/C24H25N5O3/c30-24(26-19-9-11-21-22(15-19)32-16-31-21)25-18-7-5-17(6-8-18)20-10-12-23(28-27-20)29-13-3-1-2-4-14-29/h5-12,15H,1-4,13-14,16H2,(H2,25,26,30). The van der Waals surface area contributed by atoms with Gasteiger partial charge in [0.1, 0.15) is 0 Å². The highest BCUT2D eigenvalue weighted by atomic mass is 16.7. The lowest BCUT2D eigenvalue weighted by atomic mass is 10.1. The minimum absolute atomic E-state index is 0.197. The van der Waals surface area contributed by atoms with E-state index in [4.69, 9.17) is 9.47 Å². The van der Waals surface area contributed by atoms with E-state index in [0.717, 1.165) is 30.2 Å². The molecule has 0 saturated carbocycles. The van der Waals surface area contributed by atoms with Gasteiger partial charge in [0.05, 0.1) is 5.69 Å². The van der Waals surface area contributed by atoms with E-state index in [1.54, 1.807) is 18.2 Å². The van der Waals surface area contributed by atoms with Crippen molar-refractivity contribution in [2.24, 2.45) is 0 Å². The lowest BCUT2D eigenvalue weighted by molar-refractivity contribution is 0.174. The first kappa shape index (κ1) is 20.1. The highest BCUT2D eigenvalue weighted by Gasteiger charge is 2.15. The van der Waals surface area contributed by atoms with Gasteiger partial charge in [0.25, 0.3) is 0 Å². The first-order chi connectivity index (χ1) is 15.7. The van der Waals surface area contributed by atoms with E-state index in [-0.39, 0.29) is 12.8 Å². The number of hydrogen-bond donors (Lipinski definition) is 2. The van der Waals surface area contributed by atoms with Crippen molar-refractivity contribution in [2.45, 2.75) is 25.7 Å². The Bertz CT molecular complexity index is 1080. The molecule has 2 aromatic carbocycles. The zero-order valence-corrected chi connectivity index (χ0v) is 17.7. The van der Waals surface area contributed by atoms with Crippen molar-refractivity contribution in [3.8, 4) is 22.8 Å². The van der Waals surface area contributed by atoms with Gasteiger partial charge in [-0.15, -0.1) is 10.2 Å². The summed E-state index contributed by atoms with van der Waals surface area (Å²) in [6, 6.07) is 16.5. The number of amides is 2. The Balaban J connectivity index is 1.19. The molecule has 3 heterocycles. The molecule has 0 spiro atoms. The number of fused-ring (bicyclic) bond motifs is 1. The fraction of sp³-hybridized carbons (Fsp3) is 0.292. The van der Waals surface area contributed by atoms with E-state index in [0.29, 0.717) is 22.9 Å². The molecular weight excluding hydrogens is 406 g/mol. The maximum atomic E-state index is 12.3. The summed E-state index contributed by atoms with van der Waals surface area (Å²) in [4.78, 5) is 14.6. The fourth-order valence-electron chi connectivity index (χ4n) is 3.94. The van der Waals surface area contributed by atoms with Gasteiger partial charge in [-0.1, -0.05) is 25.0 Å². The Labute approximate surface area is 186 Å². The van der Waals surface area contributed by atoms with Crippen LogP contribution in [0.3, 0.4) is 0 Å². The number of aromatic nitrogens is 2. The molecule has 0 unspecified atom stereocenters. The van der Waals surface area contributed by atoms with Crippen molar-refractivity contribution >= 4 is 23.2 Å². The van der Waals surface area contributed by atoms with Crippen LogP contribution in [-0.4, -0.2) is 36.1 Å². The molecule has 1 aromatic heterocycles. The predicted octanol–water partition coefficient (Wildman–Crippen LogP) is 4.90. The number of carbonyl (C=O) groups excluding carboxylic acids is 1. The summed E-state index contributed by atoms with van der Waals surface area (Å²) in [5.74, 6) is 2.23. The van der Waals surface area contributed by atoms with Crippen LogP contribution < -0.4 is 25.0 Å². The minimum atomic E-state index is -0.335. The predicted molar refractivity (Wildman–Crippen MR) is 123 cm³/mol. The minimum Gasteiger partial charge on any atom is -0.454 e. The van der Waals surface area contributed by atoms with Crippen LogP contribution >= 0.6 is 0 Å². The largest absolute Gasteiger partial charge is 0.454 e. The fourth-order valence-corrected chi connectivity index (χ4v) is 3.94. The average Bonchev–Trinajstić information content (AvgIpc) is 3.11. The summed E-state index contributed by atoms with van der Waals surface area (Å²) in [6.45, 7) is 2.29. The number of anilines is 3. The van der Waals surface area contributed by atoms with Gasteiger partial charge in [-0.25, -0.2) is 4.79 Å². The van der Waals surface area contributed by atoms with Crippen molar-refractivity contribution in [1.29, 1.82) is 0 Å². The van der Waals surface area contributed by atoms with Gasteiger partial charge in [0, 0.05) is 36.1 Å². The molecule has 1 saturated heterocycles. The molecule has 0 aliphatic carbocycles. The molecule has 0 bridgehead atoms. The summed E-state index contributed by atoms with van der Waals surface area (Å²) >= 11 is 0. The Morgan fingerprint density at radius 2 is 1.50 bits per heavy atom. The molecule has 2 N–H and O–H groups in total. The summed E-state index contributed by atoms with van der Waals surface area (Å²) in [5.41, 5.74) is 3.06. The molecule has 1 fully saturated rings. The number of rotatable bonds is 4. The van der Waals surface area contributed by atoms with Crippen molar-refractivity contribution < 1.29 is 14.3 Å². The van der Waals surface area contributed by atoms with Gasteiger partial charge >= 0.3 is 6.03 Å². The van der Waals surface area contributed by atoms with Gasteiger partial charge in [-0.2, -0.15) is 0 Å². The second kappa shape index (κ2) is 9.13. The Morgan fingerprint density at radius 1 is 0.781 bits per heavy atom. The SMILES string of the molecule is O=C(Nc1ccc(-c2ccc(N3CCCCCC3)nn2)cc1)Nc1ccc2c(c1)OCO2. The molecule has 8 heteroatoms. The van der Waals surface area contributed by atoms with Crippen LogP contribution in [0.2, 0.25) is 0 Å². The summed E-state index contributed by atoms with van der Waals surface area (Å²) in [6.07, 6.45) is 4.99. The van der Waals surface area contributed by atoms with E-state index < -0.39 is 0 Å². The van der Waals surface area contributed by atoms with E-state index in [1.165, 1.54) is 25.7 Å². The number of urea groups is 1.